The van der Waals surface area contributed by atoms with Gasteiger partial charge in [0, 0.05) is 11.4 Å². The molecule has 0 aromatic carbocycles. The molecule has 0 aliphatic carbocycles. The van der Waals surface area contributed by atoms with Gasteiger partial charge in [-0.15, -0.1) is 5.10 Å². The summed E-state index contributed by atoms with van der Waals surface area (Å²) in [5, 5.41) is 4.24. The van der Waals surface area contributed by atoms with E-state index < -0.39 is 11.9 Å². The van der Waals surface area contributed by atoms with Crippen molar-refractivity contribution in [2.24, 2.45) is 0 Å². The van der Waals surface area contributed by atoms with Crippen molar-refractivity contribution in [1.29, 1.82) is 0 Å². The fraction of sp³-hybridized carbons (Fsp3) is 0.312. The highest BCUT2D eigenvalue weighted by Crippen LogP contribution is 2.13. The Kier molecular flexibility index (Phi) is 4.46. The lowest BCUT2D eigenvalue weighted by atomic mass is 10.2. The number of fused-ring (bicyclic) bond motifs is 1. The number of hydrogen-bond acceptors (Lipinski definition) is 8. The molecule has 0 fully saturated rings. The minimum atomic E-state index is -0.557. The Hall–Kier alpha value is -3.23. The van der Waals surface area contributed by atoms with Gasteiger partial charge in [0.05, 0.1) is 13.4 Å². The second-order valence-electron chi connectivity index (χ2n) is 5.37. The minimum absolute atomic E-state index is 0.115. The van der Waals surface area contributed by atoms with Crippen LogP contribution in [0.2, 0.25) is 0 Å². The van der Waals surface area contributed by atoms with Gasteiger partial charge >= 0.3 is 11.9 Å². The number of hydrogen-bond donors (Lipinski definition) is 0. The molecule has 9 nitrogen and oxygen atoms in total. The predicted molar refractivity (Wildman–Crippen MR) is 83.8 cm³/mol. The Morgan fingerprint density at radius 1 is 1.28 bits per heavy atom. The van der Waals surface area contributed by atoms with Gasteiger partial charge in [-0.05, 0) is 26.0 Å². The number of ether oxygens (including phenoxy) is 2. The summed E-state index contributed by atoms with van der Waals surface area (Å²) in [5.41, 5.74) is 1.91. The smallest absolute Gasteiger partial charge is 0.341 e. The molecule has 9 heteroatoms. The first-order valence-electron chi connectivity index (χ1n) is 7.48. The molecule has 0 aliphatic rings. The van der Waals surface area contributed by atoms with Crippen molar-refractivity contribution in [1.82, 2.24) is 19.6 Å². The molecule has 3 aromatic rings. The molecule has 3 aromatic heterocycles. The van der Waals surface area contributed by atoms with Crippen molar-refractivity contribution in [2.75, 3.05) is 7.11 Å². The van der Waals surface area contributed by atoms with E-state index in [1.807, 2.05) is 19.9 Å². The molecule has 0 amide bonds. The quantitative estimate of drug-likeness (QED) is 0.639. The monoisotopic (exact) mass is 344 g/mol. The van der Waals surface area contributed by atoms with Gasteiger partial charge in [0.25, 0.3) is 5.78 Å². The van der Waals surface area contributed by atoms with Gasteiger partial charge in [0.15, 0.2) is 11.6 Å². The largest absolute Gasteiger partial charge is 0.465 e. The molecular formula is C16H16N4O5. The summed E-state index contributed by atoms with van der Waals surface area (Å²) in [6.07, 6.45) is 1.21. The lowest BCUT2D eigenvalue weighted by Gasteiger charge is -2.03. The molecule has 25 heavy (non-hydrogen) atoms. The molecule has 0 saturated heterocycles. The molecular weight excluding hydrogens is 328 g/mol. The van der Waals surface area contributed by atoms with Crippen LogP contribution in [0.3, 0.4) is 0 Å². The van der Waals surface area contributed by atoms with Gasteiger partial charge in [-0.2, -0.15) is 4.98 Å². The maximum atomic E-state index is 12.0. The highest BCUT2D eigenvalue weighted by atomic mass is 16.5. The fourth-order valence-electron chi connectivity index (χ4n) is 2.35. The van der Waals surface area contributed by atoms with Gasteiger partial charge < -0.3 is 13.9 Å². The molecule has 0 bridgehead atoms. The Balaban J connectivity index is 1.66. The van der Waals surface area contributed by atoms with Crippen molar-refractivity contribution in [3.63, 3.8) is 0 Å². The number of nitrogens with zero attached hydrogens (tertiary/aromatic N) is 4. The van der Waals surface area contributed by atoms with E-state index in [2.05, 4.69) is 19.8 Å². The summed E-state index contributed by atoms with van der Waals surface area (Å²) in [4.78, 5) is 32.0. The summed E-state index contributed by atoms with van der Waals surface area (Å²) in [6, 6.07) is 3.32. The molecule has 0 spiro atoms. The SMILES string of the molecule is COC(=O)c1ccoc1COC(=O)Cc1nc2nc(C)cc(C)n2n1. The van der Waals surface area contributed by atoms with Gasteiger partial charge in [0.1, 0.15) is 18.6 Å². The van der Waals surface area contributed by atoms with Crippen LogP contribution in [0.5, 0.6) is 0 Å². The first-order chi connectivity index (χ1) is 12.0. The van der Waals surface area contributed by atoms with E-state index in [9.17, 15) is 9.59 Å². The maximum absolute atomic E-state index is 12.0. The summed E-state index contributed by atoms with van der Waals surface area (Å²) >= 11 is 0. The summed E-state index contributed by atoms with van der Waals surface area (Å²) in [5.74, 6) is -0.148. The number of aromatic nitrogens is 4. The topological polar surface area (TPSA) is 109 Å². The van der Waals surface area contributed by atoms with Gasteiger partial charge in [-0.3, -0.25) is 4.79 Å². The zero-order valence-corrected chi connectivity index (χ0v) is 14.0. The van der Waals surface area contributed by atoms with Crippen molar-refractivity contribution in [3.05, 3.63) is 46.9 Å². The van der Waals surface area contributed by atoms with Crippen LogP contribution in [0.4, 0.5) is 0 Å². The average molecular weight is 344 g/mol. The maximum Gasteiger partial charge on any atom is 0.341 e. The van der Waals surface area contributed by atoms with Crippen molar-refractivity contribution in [3.8, 4) is 0 Å². The summed E-state index contributed by atoms with van der Waals surface area (Å²) < 4.78 is 16.5. The Bertz CT molecular complexity index is 943. The molecule has 0 radical (unpaired) electrons. The number of aryl methyl sites for hydroxylation is 2. The standard InChI is InChI=1S/C16H16N4O5/c1-9-6-10(2)20-16(17-9)18-13(19-20)7-14(21)25-8-12-11(4-5-24-12)15(22)23-3/h4-6H,7-8H2,1-3H3. The lowest BCUT2D eigenvalue weighted by molar-refractivity contribution is -0.144. The minimum Gasteiger partial charge on any atom is -0.465 e. The van der Waals surface area contributed by atoms with E-state index in [-0.39, 0.29) is 24.4 Å². The number of furan rings is 1. The third kappa shape index (κ3) is 3.49. The zero-order chi connectivity index (χ0) is 18.0. The number of carbonyl (C=O) groups is 2. The first kappa shape index (κ1) is 16.6. The van der Waals surface area contributed by atoms with Crippen LogP contribution in [0.15, 0.2) is 22.8 Å². The van der Waals surface area contributed by atoms with Crippen molar-refractivity contribution >= 4 is 17.7 Å². The van der Waals surface area contributed by atoms with E-state index in [1.165, 1.54) is 19.4 Å². The van der Waals surface area contributed by atoms with Crippen LogP contribution in [-0.4, -0.2) is 38.6 Å². The predicted octanol–water partition coefficient (Wildman–Crippen LogP) is 1.41. The fourth-order valence-corrected chi connectivity index (χ4v) is 2.35. The van der Waals surface area contributed by atoms with Crippen LogP contribution in [0.1, 0.15) is 33.3 Å². The van der Waals surface area contributed by atoms with Gasteiger partial charge in [-0.25, -0.2) is 14.3 Å². The van der Waals surface area contributed by atoms with Crippen molar-refractivity contribution in [2.45, 2.75) is 26.9 Å². The molecule has 0 N–H and O–H groups in total. The van der Waals surface area contributed by atoms with Crippen LogP contribution >= 0.6 is 0 Å². The highest BCUT2D eigenvalue weighted by molar-refractivity contribution is 5.90. The molecule has 3 heterocycles. The van der Waals surface area contributed by atoms with E-state index in [0.717, 1.165) is 11.4 Å². The molecule has 0 saturated carbocycles. The van der Waals surface area contributed by atoms with Crippen LogP contribution < -0.4 is 0 Å². The highest BCUT2D eigenvalue weighted by Gasteiger charge is 2.18. The van der Waals surface area contributed by atoms with Gasteiger partial charge in [-0.1, -0.05) is 0 Å². The lowest BCUT2D eigenvalue weighted by Crippen LogP contribution is -2.11. The Labute approximate surface area is 142 Å². The third-order valence-corrected chi connectivity index (χ3v) is 3.48. The third-order valence-electron chi connectivity index (χ3n) is 3.48. The molecule has 130 valence electrons. The summed E-state index contributed by atoms with van der Waals surface area (Å²) in [6.45, 7) is 3.56. The van der Waals surface area contributed by atoms with Crippen LogP contribution in [0.25, 0.3) is 5.78 Å². The second-order valence-corrected chi connectivity index (χ2v) is 5.37. The van der Waals surface area contributed by atoms with E-state index in [4.69, 9.17) is 9.15 Å². The molecule has 0 unspecified atom stereocenters. The zero-order valence-electron chi connectivity index (χ0n) is 14.0. The van der Waals surface area contributed by atoms with Crippen LogP contribution in [0, 0.1) is 13.8 Å². The Morgan fingerprint density at radius 2 is 2.08 bits per heavy atom. The van der Waals surface area contributed by atoms with Gasteiger partial charge in [0.2, 0.25) is 0 Å². The van der Waals surface area contributed by atoms with E-state index in [1.54, 1.807) is 4.52 Å². The van der Waals surface area contributed by atoms with Crippen molar-refractivity contribution < 1.29 is 23.5 Å². The molecule has 0 atom stereocenters. The molecule has 3 rings (SSSR count). The molecule has 0 aliphatic heterocycles. The first-order valence-corrected chi connectivity index (χ1v) is 7.48. The van der Waals surface area contributed by atoms with E-state index in [0.29, 0.717) is 11.6 Å². The number of rotatable bonds is 5. The Morgan fingerprint density at radius 3 is 2.84 bits per heavy atom. The van der Waals surface area contributed by atoms with Crippen LogP contribution in [-0.2, 0) is 27.3 Å². The number of esters is 2. The van der Waals surface area contributed by atoms with E-state index >= 15 is 0 Å². The summed E-state index contributed by atoms with van der Waals surface area (Å²) in [7, 11) is 1.26. The number of methoxy groups -OCH3 is 1. The average Bonchev–Trinajstić information content (AvgIpc) is 3.18. The number of carbonyl (C=O) groups excluding carboxylic acids is 2. The second kappa shape index (κ2) is 6.71. The normalized spacial score (nSPS) is 10.8.